The van der Waals surface area contributed by atoms with Gasteiger partial charge in [0.1, 0.15) is 5.78 Å². The van der Waals surface area contributed by atoms with Crippen LogP contribution in [0.3, 0.4) is 0 Å². The molecule has 2 aliphatic carbocycles. The third-order valence-corrected chi connectivity index (χ3v) is 6.83. The van der Waals surface area contributed by atoms with E-state index < -0.39 is 0 Å². The van der Waals surface area contributed by atoms with E-state index in [1.807, 2.05) is 7.05 Å². The van der Waals surface area contributed by atoms with Crippen molar-refractivity contribution in [3.63, 3.8) is 0 Å². The summed E-state index contributed by atoms with van der Waals surface area (Å²) in [5.74, 6) is 0.600. The molecule has 0 radical (unpaired) electrons. The van der Waals surface area contributed by atoms with E-state index in [9.17, 15) is 4.79 Å². The predicted octanol–water partition coefficient (Wildman–Crippen LogP) is 1.70. The molecule has 0 aliphatic heterocycles. The average Bonchev–Trinajstić information content (AvgIpc) is 2.82. The monoisotopic (exact) mass is 266 g/mol. The second-order valence-corrected chi connectivity index (χ2v) is 7.29. The van der Waals surface area contributed by atoms with Crippen LogP contribution in [0.15, 0.2) is 5.16 Å². The quantitative estimate of drug-likeness (QED) is 0.815. The minimum atomic E-state index is -0.00375. The van der Waals surface area contributed by atoms with Gasteiger partial charge in [-0.05, 0) is 34.1 Å². The normalized spacial score (nSPS) is 37.4. The number of carbonyl (C=O) groups excluding carboxylic acids is 1. The number of aromatic nitrogens is 4. The van der Waals surface area contributed by atoms with Crippen molar-refractivity contribution in [2.75, 3.05) is 0 Å². The summed E-state index contributed by atoms with van der Waals surface area (Å²) in [5, 5.41) is 12.2. The Kier molecular flexibility index (Phi) is 2.40. The molecule has 1 aromatic heterocycles. The molecule has 0 unspecified atom stereocenters. The molecule has 3 atom stereocenters. The van der Waals surface area contributed by atoms with Gasteiger partial charge in [-0.2, -0.15) is 0 Å². The molecule has 2 fully saturated rings. The van der Waals surface area contributed by atoms with Crippen LogP contribution >= 0.6 is 11.8 Å². The second kappa shape index (κ2) is 3.56. The smallest absolute Gasteiger partial charge is 0.209 e. The molecule has 5 nitrogen and oxygen atoms in total. The van der Waals surface area contributed by atoms with Crippen molar-refractivity contribution < 1.29 is 4.79 Å². The van der Waals surface area contributed by atoms with E-state index in [1.165, 1.54) is 11.8 Å². The van der Waals surface area contributed by atoms with Gasteiger partial charge >= 0.3 is 0 Å². The van der Waals surface area contributed by atoms with Crippen LogP contribution in [0.4, 0.5) is 0 Å². The molecular weight excluding hydrogens is 248 g/mol. The van der Waals surface area contributed by atoms with E-state index in [1.54, 1.807) is 4.68 Å². The molecule has 0 spiro atoms. The highest BCUT2D eigenvalue weighted by Crippen LogP contribution is 2.67. The first-order valence-corrected chi connectivity index (χ1v) is 7.18. The average molecular weight is 266 g/mol. The number of hydrogen-bond acceptors (Lipinski definition) is 5. The topological polar surface area (TPSA) is 60.7 Å². The number of Topliss-reactive ketones (excluding diaryl/α,β-unsaturated/α-hetero) is 1. The Hall–Kier alpha value is -0.910. The number of fused-ring (bicyclic) bond motifs is 2. The Balaban J connectivity index is 1.95. The van der Waals surface area contributed by atoms with E-state index in [-0.39, 0.29) is 22.0 Å². The molecule has 0 aromatic carbocycles. The van der Waals surface area contributed by atoms with Crippen molar-refractivity contribution in [1.29, 1.82) is 0 Å². The lowest BCUT2D eigenvalue weighted by Gasteiger charge is -2.37. The molecule has 18 heavy (non-hydrogen) atoms. The fraction of sp³-hybridized carbons (Fsp3) is 0.833. The molecule has 1 heterocycles. The van der Waals surface area contributed by atoms with Crippen molar-refractivity contribution >= 4 is 17.5 Å². The van der Waals surface area contributed by atoms with E-state index in [4.69, 9.17) is 0 Å². The summed E-state index contributed by atoms with van der Waals surface area (Å²) in [6.07, 6.45) is 2.16. The van der Waals surface area contributed by atoms with Crippen molar-refractivity contribution in [3.05, 3.63) is 0 Å². The molecule has 2 bridgehead atoms. The molecule has 98 valence electrons. The number of ketones is 1. The molecule has 0 amide bonds. The maximum absolute atomic E-state index is 12.5. The number of hydrogen-bond donors (Lipinski definition) is 0. The van der Waals surface area contributed by atoms with Crippen LogP contribution in [-0.4, -0.2) is 31.2 Å². The zero-order chi connectivity index (χ0) is 13.1. The molecular formula is C12H18N4OS. The zero-order valence-electron chi connectivity index (χ0n) is 11.2. The van der Waals surface area contributed by atoms with Gasteiger partial charge in [0.05, 0.1) is 5.25 Å². The number of nitrogens with zero attached hydrogens (tertiary/aromatic N) is 4. The first-order valence-electron chi connectivity index (χ1n) is 6.30. The first kappa shape index (κ1) is 12.1. The van der Waals surface area contributed by atoms with E-state index in [0.717, 1.165) is 18.0 Å². The highest BCUT2D eigenvalue weighted by molar-refractivity contribution is 8.00. The highest BCUT2D eigenvalue weighted by Gasteiger charge is 2.66. The highest BCUT2D eigenvalue weighted by atomic mass is 32.2. The Labute approximate surface area is 111 Å². The lowest BCUT2D eigenvalue weighted by Crippen LogP contribution is -2.35. The van der Waals surface area contributed by atoms with Gasteiger partial charge in [0, 0.05) is 13.0 Å². The van der Waals surface area contributed by atoms with Gasteiger partial charge in [-0.15, -0.1) is 5.10 Å². The van der Waals surface area contributed by atoms with Gasteiger partial charge in [-0.3, -0.25) is 4.79 Å². The standard InChI is InChI=1S/C12H18N4OS/c1-11(2)7-5-6-12(11,3)9(8(7)17)18-10-13-14-15-16(10)4/h7,9H,5-6H2,1-4H3/t7-,9+,12-/m1/s1. The molecule has 6 heteroatoms. The summed E-state index contributed by atoms with van der Waals surface area (Å²) < 4.78 is 1.64. The van der Waals surface area contributed by atoms with Crippen LogP contribution in [0.1, 0.15) is 33.6 Å². The molecule has 2 saturated carbocycles. The largest absolute Gasteiger partial charge is 0.298 e. The molecule has 3 rings (SSSR count). The van der Waals surface area contributed by atoms with E-state index in [0.29, 0.717) is 5.78 Å². The molecule has 1 aromatic rings. The van der Waals surface area contributed by atoms with Gasteiger partial charge in [0.15, 0.2) is 0 Å². The van der Waals surface area contributed by atoms with Gasteiger partial charge < -0.3 is 0 Å². The fourth-order valence-electron chi connectivity index (χ4n) is 3.60. The zero-order valence-corrected chi connectivity index (χ0v) is 12.0. The van der Waals surface area contributed by atoms with Crippen LogP contribution in [-0.2, 0) is 11.8 Å². The minimum absolute atomic E-state index is 0.00375. The minimum Gasteiger partial charge on any atom is -0.298 e. The maximum atomic E-state index is 12.5. The fourth-order valence-corrected chi connectivity index (χ4v) is 5.05. The summed E-state index contributed by atoms with van der Waals surface area (Å²) in [6.45, 7) is 6.72. The van der Waals surface area contributed by atoms with Crippen LogP contribution < -0.4 is 0 Å². The van der Waals surface area contributed by atoms with Gasteiger partial charge in [-0.1, -0.05) is 32.5 Å². The van der Waals surface area contributed by atoms with Crippen LogP contribution in [0, 0.1) is 16.7 Å². The lowest BCUT2D eigenvalue weighted by atomic mass is 9.71. The summed E-state index contributed by atoms with van der Waals surface area (Å²) in [6, 6.07) is 0. The Bertz CT molecular complexity index is 512. The van der Waals surface area contributed by atoms with E-state index >= 15 is 0 Å². The number of rotatable bonds is 2. The van der Waals surface area contributed by atoms with Crippen LogP contribution in [0.25, 0.3) is 0 Å². The Morgan fingerprint density at radius 3 is 2.61 bits per heavy atom. The number of aryl methyl sites for hydroxylation is 1. The summed E-state index contributed by atoms with van der Waals surface area (Å²) in [5.41, 5.74) is 0.152. The molecule has 0 saturated heterocycles. The third-order valence-electron chi connectivity index (χ3n) is 5.28. The van der Waals surface area contributed by atoms with Gasteiger partial charge in [-0.25, -0.2) is 4.68 Å². The summed E-state index contributed by atoms with van der Waals surface area (Å²) >= 11 is 1.53. The number of carbonyl (C=O) groups is 1. The van der Waals surface area contributed by atoms with Crippen LogP contribution in [0.2, 0.25) is 0 Å². The SMILES string of the molecule is Cn1nnnc1S[C@H]1C(=O)[C@H]2CC[C@@]1(C)C2(C)C. The van der Waals surface area contributed by atoms with Crippen molar-refractivity contribution in [1.82, 2.24) is 20.2 Å². The number of tetrazole rings is 1. The van der Waals surface area contributed by atoms with E-state index in [2.05, 4.69) is 36.3 Å². The molecule has 2 aliphatic rings. The third kappa shape index (κ3) is 1.30. The maximum Gasteiger partial charge on any atom is 0.209 e. The lowest BCUT2D eigenvalue weighted by molar-refractivity contribution is -0.122. The van der Waals surface area contributed by atoms with Gasteiger partial charge in [0.2, 0.25) is 5.16 Å². The van der Waals surface area contributed by atoms with Crippen molar-refractivity contribution in [2.45, 2.75) is 44.0 Å². The Morgan fingerprint density at radius 2 is 2.11 bits per heavy atom. The first-order chi connectivity index (χ1) is 8.38. The Morgan fingerprint density at radius 1 is 1.39 bits per heavy atom. The summed E-state index contributed by atoms with van der Waals surface area (Å²) in [4.78, 5) is 12.5. The predicted molar refractivity (Wildman–Crippen MR) is 68.1 cm³/mol. The van der Waals surface area contributed by atoms with Gasteiger partial charge in [0.25, 0.3) is 0 Å². The molecule has 0 N–H and O–H groups in total. The second-order valence-electron chi connectivity index (χ2n) is 6.22. The van der Waals surface area contributed by atoms with Crippen LogP contribution in [0.5, 0.6) is 0 Å². The number of thioether (sulfide) groups is 1. The van der Waals surface area contributed by atoms with Crippen molar-refractivity contribution in [2.24, 2.45) is 23.8 Å². The van der Waals surface area contributed by atoms with Crippen molar-refractivity contribution in [3.8, 4) is 0 Å². The summed E-state index contributed by atoms with van der Waals surface area (Å²) in [7, 11) is 1.81.